The second-order valence-corrected chi connectivity index (χ2v) is 6.92. The van der Waals surface area contributed by atoms with Gasteiger partial charge in [-0.15, -0.1) is 0 Å². The number of aromatic amines is 1. The minimum absolute atomic E-state index is 0.0583. The zero-order valence-corrected chi connectivity index (χ0v) is 15.1. The molecule has 1 aliphatic rings. The van der Waals surface area contributed by atoms with Crippen molar-refractivity contribution in [1.82, 2.24) is 9.88 Å². The van der Waals surface area contributed by atoms with Gasteiger partial charge >= 0.3 is 12.4 Å². The molecule has 10 heteroatoms. The monoisotopic (exact) mass is 418 g/mol. The third-order valence-corrected chi connectivity index (χ3v) is 4.90. The van der Waals surface area contributed by atoms with Crippen molar-refractivity contribution >= 4 is 5.91 Å². The minimum Gasteiger partial charge on any atom is -0.328 e. The third-order valence-electron chi connectivity index (χ3n) is 4.90. The SMILES string of the molecule is CC1CCC(c2cc(C(F)(F)F)cc(C(F)(F)F)c2)N1C(=O)c1cccc(=O)[nH]1. The largest absolute Gasteiger partial charge is 0.416 e. The van der Waals surface area contributed by atoms with E-state index in [1.54, 1.807) is 6.92 Å². The van der Waals surface area contributed by atoms with Crippen LogP contribution in [0.15, 0.2) is 41.2 Å². The Morgan fingerprint density at radius 3 is 2.10 bits per heavy atom. The third kappa shape index (κ3) is 4.30. The summed E-state index contributed by atoms with van der Waals surface area (Å²) in [4.78, 5) is 27.9. The fraction of sp³-hybridized carbons (Fsp3) is 0.368. The number of halogens is 6. The lowest BCUT2D eigenvalue weighted by atomic mass is 9.98. The van der Waals surface area contributed by atoms with E-state index in [0.717, 1.165) is 0 Å². The Bertz CT molecular complexity index is 947. The molecule has 1 aromatic carbocycles. The number of carbonyl (C=O) groups is 1. The molecule has 1 amide bonds. The number of benzene rings is 1. The number of hydrogen-bond acceptors (Lipinski definition) is 2. The molecule has 0 aliphatic carbocycles. The van der Waals surface area contributed by atoms with Gasteiger partial charge in [0.25, 0.3) is 5.91 Å². The van der Waals surface area contributed by atoms with E-state index in [4.69, 9.17) is 0 Å². The number of pyridine rings is 1. The highest BCUT2D eigenvalue weighted by Gasteiger charge is 2.41. The summed E-state index contributed by atoms with van der Waals surface area (Å²) in [5.41, 5.74) is -3.73. The molecule has 156 valence electrons. The highest BCUT2D eigenvalue weighted by Crippen LogP contribution is 2.42. The molecule has 2 unspecified atom stereocenters. The van der Waals surface area contributed by atoms with Gasteiger partial charge in [0.15, 0.2) is 0 Å². The summed E-state index contributed by atoms with van der Waals surface area (Å²) < 4.78 is 79.1. The zero-order valence-electron chi connectivity index (χ0n) is 15.1. The molecule has 0 bridgehead atoms. The molecular formula is C19H16F6N2O2. The fourth-order valence-electron chi connectivity index (χ4n) is 3.54. The normalized spacial score (nSPS) is 20.2. The summed E-state index contributed by atoms with van der Waals surface area (Å²) in [6.07, 6.45) is -9.35. The first kappa shape index (κ1) is 20.9. The maximum Gasteiger partial charge on any atom is 0.416 e. The van der Waals surface area contributed by atoms with Crippen LogP contribution in [0.25, 0.3) is 0 Å². The van der Waals surface area contributed by atoms with E-state index in [2.05, 4.69) is 4.98 Å². The summed E-state index contributed by atoms with van der Waals surface area (Å²) in [5, 5.41) is 0. The molecular weight excluding hydrogens is 402 g/mol. The minimum atomic E-state index is -4.97. The first-order valence-electron chi connectivity index (χ1n) is 8.69. The highest BCUT2D eigenvalue weighted by molar-refractivity contribution is 5.93. The number of amides is 1. The first-order valence-corrected chi connectivity index (χ1v) is 8.69. The topological polar surface area (TPSA) is 53.2 Å². The van der Waals surface area contributed by atoms with Gasteiger partial charge < -0.3 is 9.88 Å². The number of likely N-dealkylation sites (tertiary alicyclic amines) is 1. The summed E-state index contributed by atoms with van der Waals surface area (Å²) in [6.45, 7) is 1.65. The van der Waals surface area contributed by atoms with Gasteiger partial charge in [-0.1, -0.05) is 6.07 Å². The van der Waals surface area contributed by atoms with Crippen LogP contribution in [-0.2, 0) is 12.4 Å². The van der Waals surface area contributed by atoms with E-state index in [0.29, 0.717) is 18.6 Å². The van der Waals surface area contributed by atoms with Crippen molar-refractivity contribution < 1.29 is 31.1 Å². The van der Waals surface area contributed by atoms with Gasteiger partial charge in [0.05, 0.1) is 17.2 Å². The fourth-order valence-corrected chi connectivity index (χ4v) is 3.54. The van der Waals surface area contributed by atoms with Crippen molar-refractivity contribution in [2.75, 3.05) is 0 Å². The summed E-state index contributed by atoms with van der Waals surface area (Å²) >= 11 is 0. The number of nitrogens with zero attached hydrogens (tertiary/aromatic N) is 1. The molecule has 0 spiro atoms. The lowest BCUT2D eigenvalue weighted by Gasteiger charge is -2.29. The van der Waals surface area contributed by atoms with Crippen LogP contribution in [0.5, 0.6) is 0 Å². The van der Waals surface area contributed by atoms with Crippen LogP contribution in [0.2, 0.25) is 0 Å². The molecule has 2 aromatic rings. The van der Waals surface area contributed by atoms with Crippen molar-refractivity contribution in [2.24, 2.45) is 0 Å². The Kier molecular flexibility index (Phi) is 5.22. The van der Waals surface area contributed by atoms with Crippen molar-refractivity contribution in [3.63, 3.8) is 0 Å². The van der Waals surface area contributed by atoms with Gasteiger partial charge in [0, 0.05) is 12.1 Å². The lowest BCUT2D eigenvalue weighted by molar-refractivity contribution is -0.143. The predicted octanol–water partition coefficient (Wildman–Crippen LogP) is 4.78. The van der Waals surface area contributed by atoms with E-state index < -0.39 is 47.0 Å². The van der Waals surface area contributed by atoms with Crippen LogP contribution in [-0.4, -0.2) is 21.8 Å². The first-order chi connectivity index (χ1) is 13.4. The maximum atomic E-state index is 13.2. The van der Waals surface area contributed by atoms with E-state index in [-0.39, 0.29) is 23.7 Å². The molecule has 1 N–H and O–H groups in total. The average Bonchev–Trinajstić information content (AvgIpc) is 3.00. The lowest BCUT2D eigenvalue weighted by Crippen LogP contribution is -2.37. The van der Waals surface area contributed by atoms with E-state index >= 15 is 0 Å². The van der Waals surface area contributed by atoms with Crippen molar-refractivity contribution in [3.8, 4) is 0 Å². The highest BCUT2D eigenvalue weighted by atomic mass is 19.4. The van der Waals surface area contributed by atoms with Crippen molar-refractivity contribution in [1.29, 1.82) is 0 Å². The summed E-state index contributed by atoms with van der Waals surface area (Å²) in [6, 6.07) is 3.79. The number of rotatable bonds is 2. The summed E-state index contributed by atoms with van der Waals surface area (Å²) in [5.74, 6) is -0.663. The van der Waals surface area contributed by atoms with Crippen LogP contribution >= 0.6 is 0 Å². The van der Waals surface area contributed by atoms with Gasteiger partial charge in [0.1, 0.15) is 5.69 Å². The quantitative estimate of drug-likeness (QED) is 0.714. The van der Waals surface area contributed by atoms with Crippen LogP contribution in [0.3, 0.4) is 0 Å². The van der Waals surface area contributed by atoms with Gasteiger partial charge in [-0.2, -0.15) is 26.3 Å². The molecule has 2 heterocycles. The second-order valence-electron chi connectivity index (χ2n) is 6.92. The number of carbonyl (C=O) groups excluding carboxylic acids is 1. The van der Waals surface area contributed by atoms with E-state index in [9.17, 15) is 35.9 Å². The molecule has 1 aromatic heterocycles. The molecule has 3 rings (SSSR count). The number of H-pyrrole nitrogens is 1. The maximum absolute atomic E-state index is 13.2. The second kappa shape index (κ2) is 7.23. The van der Waals surface area contributed by atoms with Gasteiger partial charge in [-0.3, -0.25) is 9.59 Å². The van der Waals surface area contributed by atoms with Crippen LogP contribution in [0.4, 0.5) is 26.3 Å². The molecule has 29 heavy (non-hydrogen) atoms. The van der Waals surface area contributed by atoms with Crippen LogP contribution in [0, 0.1) is 0 Å². The van der Waals surface area contributed by atoms with Crippen molar-refractivity contribution in [3.05, 3.63) is 69.1 Å². The van der Waals surface area contributed by atoms with Gasteiger partial charge in [-0.25, -0.2) is 0 Å². The number of alkyl halides is 6. The summed E-state index contributed by atoms with van der Waals surface area (Å²) in [7, 11) is 0. The number of hydrogen-bond donors (Lipinski definition) is 1. The molecule has 1 aliphatic heterocycles. The smallest absolute Gasteiger partial charge is 0.328 e. The van der Waals surface area contributed by atoms with Gasteiger partial charge in [0.2, 0.25) is 5.56 Å². The number of nitrogens with one attached hydrogen (secondary N) is 1. The molecule has 0 saturated carbocycles. The van der Waals surface area contributed by atoms with Gasteiger partial charge in [-0.05, 0) is 49.6 Å². The number of aromatic nitrogens is 1. The van der Waals surface area contributed by atoms with Crippen molar-refractivity contribution in [2.45, 2.75) is 44.2 Å². The molecule has 1 saturated heterocycles. The molecule has 4 nitrogen and oxygen atoms in total. The molecule has 0 radical (unpaired) electrons. The predicted molar refractivity (Wildman–Crippen MR) is 91.1 cm³/mol. The Labute approximate surface area is 161 Å². The van der Waals surface area contributed by atoms with Crippen LogP contribution < -0.4 is 5.56 Å². The Morgan fingerprint density at radius 1 is 1.00 bits per heavy atom. The van der Waals surface area contributed by atoms with Crippen LogP contribution in [0.1, 0.15) is 53.0 Å². The molecule has 2 atom stereocenters. The zero-order chi connectivity index (χ0) is 21.6. The van der Waals surface area contributed by atoms with E-state index in [1.807, 2.05) is 0 Å². The van der Waals surface area contributed by atoms with E-state index in [1.165, 1.54) is 23.1 Å². The molecule has 1 fully saturated rings. The Hall–Kier alpha value is -2.78. The standard InChI is InChI=1S/C19H16F6N2O2/c1-10-5-6-15(27(10)17(29)14-3-2-4-16(28)26-14)11-7-12(18(20,21)22)9-13(8-11)19(23,24)25/h2-4,7-10,15H,5-6H2,1H3,(H,26,28). The average molecular weight is 418 g/mol. The Morgan fingerprint density at radius 2 is 1.59 bits per heavy atom. The Balaban J connectivity index is 2.08.